The first-order valence-electron chi connectivity index (χ1n) is 4.04. The molecule has 2 aromatic rings. The monoisotopic (exact) mass is 215 g/mol. The highest BCUT2D eigenvalue weighted by Crippen LogP contribution is 2.21. The summed E-state index contributed by atoms with van der Waals surface area (Å²) in [6.07, 6.45) is -1.18. The number of aromatic nitrogens is 4. The molecule has 0 aliphatic heterocycles. The van der Waals surface area contributed by atoms with Crippen molar-refractivity contribution < 1.29 is 13.5 Å². The summed E-state index contributed by atoms with van der Waals surface area (Å²) in [7, 11) is 0. The van der Waals surface area contributed by atoms with Crippen molar-refractivity contribution in [2.45, 2.75) is 6.43 Å². The fourth-order valence-electron chi connectivity index (χ4n) is 1.08. The maximum absolute atomic E-state index is 11.9. The lowest BCUT2D eigenvalue weighted by Gasteiger charge is -2.05. The van der Waals surface area contributed by atoms with Gasteiger partial charge in [0.15, 0.2) is 12.3 Å². The molecule has 0 unspecified atom stereocenters. The van der Waals surface area contributed by atoms with E-state index in [0.29, 0.717) is 11.0 Å². The second-order valence-electron chi connectivity index (χ2n) is 2.72. The van der Waals surface area contributed by atoms with Gasteiger partial charge in [0.1, 0.15) is 5.39 Å². The standard InChI is InChI=1S/C7H7F2N5O/c8-4(9)2-15-6-3-1-11-14-5(3)12-7(10)13-6/h1,4H,2H2,(H3,10,11,12,13,14). The Balaban J connectivity index is 2.35. The van der Waals surface area contributed by atoms with Crippen LogP contribution < -0.4 is 10.5 Å². The third-order valence-electron chi connectivity index (χ3n) is 1.64. The Kier molecular flexibility index (Phi) is 2.32. The van der Waals surface area contributed by atoms with Crippen LogP contribution in [0.25, 0.3) is 11.0 Å². The molecule has 0 aromatic carbocycles. The predicted octanol–water partition coefficient (Wildman–Crippen LogP) is 0.579. The van der Waals surface area contributed by atoms with Crippen molar-refractivity contribution in [3.8, 4) is 5.88 Å². The zero-order valence-corrected chi connectivity index (χ0v) is 7.44. The molecule has 0 radical (unpaired) electrons. The summed E-state index contributed by atoms with van der Waals surface area (Å²) in [5.41, 5.74) is 5.71. The van der Waals surface area contributed by atoms with E-state index in [4.69, 9.17) is 10.5 Å². The zero-order valence-electron chi connectivity index (χ0n) is 7.44. The average molecular weight is 215 g/mol. The third kappa shape index (κ3) is 1.92. The number of hydrogen-bond acceptors (Lipinski definition) is 5. The lowest BCUT2D eigenvalue weighted by molar-refractivity contribution is 0.0805. The number of nitrogens with two attached hydrogens (primary N) is 1. The van der Waals surface area contributed by atoms with Crippen molar-refractivity contribution in [3.05, 3.63) is 6.20 Å². The molecule has 6 nitrogen and oxygen atoms in total. The number of halogens is 2. The van der Waals surface area contributed by atoms with Crippen molar-refractivity contribution in [1.29, 1.82) is 0 Å². The SMILES string of the molecule is Nc1nc(OCC(F)F)c2cn[nH]c2n1. The average Bonchev–Trinajstić information content (AvgIpc) is 2.61. The molecule has 0 aliphatic carbocycles. The molecular formula is C7H7F2N5O. The Labute approximate surface area is 82.5 Å². The van der Waals surface area contributed by atoms with E-state index in [-0.39, 0.29) is 11.8 Å². The molecule has 0 spiro atoms. The molecule has 0 fully saturated rings. The van der Waals surface area contributed by atoms with Crippen LogP contribution in [0.5, 0.6) is 5.88 Å². The Morgan fingerprint density at radius 2 is 2.27 bits per heavy atom. The summed E-state index contributed by atoms with van der Waals surface area (Å²) in [4.78, 5) is 7.50. The van der Waals surface area contributed by atoms with Crippen LogP contribution in [-0.2, 0) is 0 Å². The number of rotatable bonds is 3. The molecule has 0 aliphatic rings. The number of alkyl halides is 2. The van der Waals surface area contributed by atoms with Crippen LogP contribution in [0.4, 0.5) is 14.7 Å². The molecule has 8 heteroatoms. The zero-order chi connectivity index (χ0) is 10.8. The van der Waals surface area contributed by atoms with E-state index in [1.807, 2.05) is 0 Å². The predicted molar refractivity (Wildman–Crippen MR) is 47.6 cm³/mol. The van der Waals surface area contributed by atoms with Crippen LogP contribution in [0.2, 0.25) is 0 Å². The first kappa shape index (κ1) is 9.56. The molecule has 2 rings (SSSR count). The van der Waals surface area contributed by atoms with Gasteiger partial charge in [-0.15, -0.1) is 0 Å². The quantitative estimate of drug-likeness (QED) is 0.781. The van der Waals surface area contributed by atoms with Gasteiger partial charge in [0.05, 0.1) is 6.20 Å². The van der Waals surface area contributed by atoms with Gasteiger partial charge in [-0.25, -0.2) is 8.78 Å². The number of nitrogens with one attached hydrogen (secondary N) is 1. The summed E-state index contributed by atoms with van der Waals surface area (Å²) >= 11 is 0. The Morgan fingerprint density at radius 3 is 3.00 bits per heavy atom. The highest BCUT2D eigenvalue weighted by atomic mass is 19.3. The molecule has 2 heterocycles. The van der Waals surface area contributed by atoms with Gasteiger partial charge in [0, 0.05) is 0 Å². The summed E-state index contributed by atoms with van der Waals surface area (Å²) < 4.78 is 28.6. The number of ether oxygens (including phenoxy) is 1. The molecule has 15 heavy (non-hydrogen) atoms. The topological polar surface area (TPSA) is 89.7 Å². The molecule has 2 aromatic heterocycles. The Hall–Kier alpha value is -1.99. The van der Waals surface area contributed by atoms with Gasteiger partial charge >= 0.3 is 0 Å². The fraction of sp³-hybridized carbons (Fsp3) is 0.286. The number of aromatic amines is 1. The number of nitrogens with zero attached hydrogens (tertiary/aromatic N) is 3. The molecule has 0 atom stereocenters. The molecule has 0 amide bonds. The summed E-state index contributed by atoms with van der Waals surface area (Å²) in [6.45, 7) is -0.739. The lowest BCUT2D eigenvalue weighted by atomic mass is 10.4. The van der Waals surface area contributed by atoms with Crippen LogP contribution in [0.15, 0.2) is 6.20 Å². The molecule has 0 saturated heterocycles. The highest BCUT2D eigenvalue weighted by molar-refractivity contribution is 5.80. The van der Waals surface area contributed by atoms with Gasteiger partial charge in [-0.3, -0.25) is 5.10 Å². The second-order valence-corrected chi connectivity index (χ2v) is 2.72. The number of fused-ring (bicyclic) bond motifs is 1. The highest BCUT2D eigenvalue weighted by Gasteiger charge is 2.11. The van der Waals surface area contributed by atoms with Crippen molar-refractivity contribution >= 4 is 17.0 Å². The van der Waals surface area contributed by atoms with E-state index in [0.717, 1.165) is 0 Å². The first-order valence-corrected chi connectivity index (χ1v) is 4.04. The molecule has 80 valence electrons. The van der Waals surface area contributed by atoms with E-state index in [2.05, 4.69) is 20.2 Å². The summed E-state index contributed by atoms with van der Waals surface area (Å²) in [5.74, 6) is -0.0532. The van der Waals surface area contributed by atoms with E-state index in [1.54, 1.807) is 0 Å². The van der Waals surface area contributed by atoms with Crippen molar-refractivity contribution in [2.24, 2.45) is 0 Å². The van der Waals surface area contributed by atoms with Crippen LogP contribution in [-0.4, -0.2) is 33.2 Å². The number of anilines is 1. The minimum Gasteiger partial charge on any atom is -0.471 e. The van der Waals surface area contributed by atoms with Gasteiger partial charge in [-0.05, 0) is 0 Å². The van der Waals surface area contributed by atoms with Gasteiger partial charge in [-0.1, -0.05) is 0 Å². The van der Waals surface area contributed by atoms with Crippen molar-refractivity contribution in [2.75, 3.05) is 12.3 Å². The van der Waals surface area contributed by atoms with E-state index < -0.39 is 13.0 Å². The normalized spacial score (nSPS) is 11.1. The summed E-state index contributed by atoms with van der Waals surface area (Å²) in [6, 6.07) is 0. The Bertz CT molecular complexity index is 471. The first-order chi connectivity index (χ1) is 7.16. The third-order valence-corrected chi connectivity index (χ3v) is 1.64. The molecule has 0 bridgehead atoms. The lowest BCUT2D eigenvalue weighted by Crippen LogP contribution is -2.09. The van der Waals surface area contributed by atoms with Gasteiger partial charge in [-0.2, -0.15) is 15.1 Å². The van der Waals surface area contributed by atoms with Gasteiger partial charge in [0.25, 0.3) is 6.43 Å². The smallest absolute Gasteiger partial charge is 0.272 e. The molecule has 0 saturated carbocycles. The van der Waals surface area contributed by atoms with Gasteiger partial charge in [0.2, 0.25) is 11.8 Å². The number of hydrogen-bond donors (Lipinski definition) is 2. The maximum Gasteiger partial charge on any atom is 0.272 e. The second kappa shape index (κ2) is 3.64. The maximum atomic E-state index is 11.9. The van der Waals surface area contributed by atoms with Crippen LogP contribution in [0.3, 0.4) is 0 Å². The van der Waals surface area contributed by atoms with Crippen molar-refractivity contribution in [3.63, 3.8) is 0 Å². The Morgan fingerprint density at radius 1 is 1.47 bits per heavy atom. The molecule has 3 N–H and O–H groups in total. The largest absolute Gasteiger partial charge is 0.471 e. The van der Waals surface area contributed by atoms with Crippen molar-refractivity contribution in [1.82, 2.24) is 20.2 Å². The van der Waals surface area contributed by atoms with Crippen LogP contribution >= 0.6 is 0 Å². The van der Waals surface area contributed by atoms with E-state index in [9.17, 15) is 8.78 Å². The van der Waals surface area contributed by atoms with E-state index >= 15 is 0 Å². The number of nitrogen functional groups attached to an aromatic ring is 1. The fourth-order valence-corrected chi connectivity index (χ4v) is 1.08. The number of H-pyrrole nitrogens is 1. The summed E-state index contributed by atoms with van der Waals surface area (Å²) in [5, 5.41) is 6.64. The van der Waals surface area contributed by atoms with E-state index in [1.165, 1.54) is 6.20 Å². The van der Waals surface area contributed by atoms with Crippen LogP contribution in [0, 0.1) is 0 Å². The van der Waals surface area contributed by atoms with Crippen LogP contribution in [0.1, 0.15) is 0 Å². The minimum absolute atomic E-state index is 0.00606. The molecular weight excluding hydrogens is 208 g/mol. The minimum atomic E-state index is -2.57. The van der Waals surface area contributed by atoms with Gasteiger partial charge < -0.3 is 10.5 Å².